The topological polar surface area (TPSA) is 88.4 Å². The molecular weight excluding hydrogens is 399 g/mol. The Kier molecular flexibility index (Phi) is 6.18. The van der Waals surface area contributed by atoms with Gasteiger partial charge in [0.15, 0.2) is 0 Å². The molecule has 0 saturated carbocycles. The molecule has 1 aliphatic rings. The largest absolute Gasteiger partial charge is 0.439 e. The summed E-state index contributed by atoms with van der Waals surface area (Å²) < 4.78 is 19.0. The number of amides is 1. The first-order chi connectivity index (χ1) is 15.1. The maximum absolute atomic E-state index is 13.1. The predicted octanol–water partition coefficient (Wildman–Crippen LogP) is 3.49. The van der Waals surface area contributed by atoms with Crippen LogP contribution in [0, 0.1) is 5.82 Å². The number of aliphatic hydroxyl groups is 1. The van der Waals surface area contributed by atoms with Gasteiger partial charge in [-0.25, -0.2) is 19.3 Å². The van der Waals surface area contributed by atoms with Crippen LogP contribution in [-0.2, 0) is 13.0 Å². The number of nitrogens with zero attached hydrogens (tertiary/aromatic N) is 4. The van der Waals surface area contributed by atoms with Crippen molar-refractivity contribution >= 4 is 5.91 Å². The minimum Gasteiger partial charge on any atom is -0.439 e. The zero-order chi connectivity index (χ0) is 21.8. The molecule has 2 aromatic heterocycles. The second-order valence-corrected chi connectivity index (χ2v) is 7.43. The van der Waals surface area contributed by atoms with Gasteiger partial charge < -0.3 is 14.7 Å². The molecule has 1 unspecified atom stereocenters. The van der Waals surface area contributed by atoms with Gasteiger partial charge in [0.05, 0.1) is 12.8 Å². The van der Waals surface area contributed by atoms with E-state index in [0.29, 0.717) is 24.7 Å². The smallest absolute Gasteiger partial charge is 0.272 e. The number of hydrogen-bond donors (Lipinski definition) is 1. The van der Waals surface area contributed by atoms with Gasteiger partial charge in [-0.1, -0.05) is 13.0 Å². The average molecular weight is 422 g/mol. The Morgan fingerprint density at radius 2 is 2.10 bits per heavy atom. The van der Waals surface area contributed by atoms with Gasteiger partial charge in [-0.05, 0) is 48.2 Å². The Morgan fingerprint density at radius 1 is 1.23 bits per heavy atom. The number of aromatic nitrogens is 3. The first-order valence-corrected chi connectivity index (χ1v) is 10.2. The van der Waals surface area contributed by atoms with Crippen molar-refractivity contribution in [2.24, 2.45) is 0 Å². The van der Waals surface area contributed by atoms with Gasteiger partial charge in [0.2, 0.25) is 5.88 Å². The van der Waals surface area contributed by atoms with E-state index in [9.17, 15) is 14.3 Å². The second kappa shape index (κ2) is 9.18. The van der Waals surface area contributed by atoms with Gasteiger partial charge in [-0.3, -0.25) is 4.79 Å². The number of rotatable bonds is 6. The van der Waals surface area contributed by atoms with Gasteiger partial charge in [0.25, 0.3) is 5.91 Å². The van der Waals surface area contributed by atoms with E-state index in [-0.39, 0.29) is 24.1 Å². The molecule has 1 N–H and O–H groups in total. The number of halogens is 1. The summed E-state index contributed by atoms with van der Waals surface area (Å²) in [6.45, 7) is 2.95. The molecule has 0 spiro atoms. The fourth-order valence-corrected chi connectivity index (χ4v) is 3.84. The Hall–Kier alpha value is -3.39. The Labute approximate surface area is 179 Å². The van der Waals surface area contributed by atoms with Crippen LogP contribution in [-0.4, -0.2) is 44.0 Å². The zero-order valence-corrected chi connectivity index (χ0v) is 17.2. The summed E-state index contributed by atoms with van der Waals surface area (Å²) >= 11 is 0. The third kappa shape index (κ3) is 4.54. The minimum atomic E-state index is -0.473. The maximum Gasteiger partial charge on any atom is 0.272 e. The third-order valence-corrected chi connectivity index (χ3v) is 5.49. The van der Waals surface area contributed by atoms with E-state index in [1.54, 1.807) is 11.1 Å². The summed E-state index contributed by atoms with van der Waals surface area (Å²) in [5, 5.41) is 9.94. The highest BCUT2D eigenvalue weighted by molar-refractivity contribution is 5.92. The standard InChI is InChI=1S/C23H23FN4O3/c1-2-15-10-25-14-27-22(15)31-19-4-5-20(17(9-19)13-29)16-7-8-28(12-16)23(30)21-6-3-18(24)11-26-21/h3-6,9-11,14,16,29H,2,7-8,12-13H2,1H3. The highest BCUT2D eigenvalue weighted by atomic mass is 19.1. The number of aryl methyl sites for hydroxylation is 1. The minimum absolute atomic E-state index is 0.0888. The van der Waals surface area contributed by atoms with E-state index in [0.717, 1.165) is 35.7 Å². The molecule has 4 rings (SSSR count). The molecule has 7 nitrogen and oxygen atoms in total. The van der Waals surface area contributed by atoms with E-state index < -0.39 is 5.82 Å². The lowest BCUT2D eigenvalue weighted by molar-refractivity contribution is 0.0785. The average Bonchev–Trinajstić information content (AvgIpc) is 3.29. The highest BCUT2D eigenvalue weighted by Crippen LogP contribution is 2.33. The van der Waals surface area contributed by atoms with Crippen molar-refractivity contribution in [1.82, 2.24) is 19.9 Å². The van der Waals surface area contributed by atoms with Crippen LogP contribution < -0.4 is 4.74 Å². The summed E-state index contributed by atoms with van der Waals surface area (Å²) in [5.74, 6) is 0.481. The molecule has 1 atom stereocenters. The SMILES string of the molecule is CCc1cncnc1Oc1ccc(C2CCN(C(=O)c3ccc(F)cn3)C2)c(CO)c1. The second-order valence-electron chi connectivity index (χ2n) is 7.43. The molecule has 1 aliphatic heterocycles. The van der Waals surface area contributed by atoms with Crippen LogP contribution in [0.25, 0.3) is 0 Å². The van der Waals surface area contributed by atoms with E-state index in [2.05, 4.69) is 15.0 Å². The van der Waals surface area contributed by atoms with E-state index in [1.165, 1.54) is 18.5 Å². The van der Waals surface area contributed by atoms with Gasteiger partial charge >= 0.3 is 0 Å². The van der Waals surface area contributed by atoms with Crippen molar-refractivity contribution < 1.29 is 19.0 Å². The Morgan fingerprint density at radius 3 is 2.84 bits per heavy atom. The number of aliphatic hydroxyl groups excluding tert-OH is 1. The normalized spacial score (nSPS) is 15.8. The number of carbonyl (C=O) groups is 1. The van der Waals surface area contributed by atoms with Crippen molar-refractivity contribution in [3.05, 3.63) is 77.3 Å². The van der Waals surface area contributed by atoms with Crippen LogP contribution in [0.3, 0.4) is 0 Å². The number of benzene rings is 1. The van der Waals surface area contributed by atoms with Crippen LogP contribution in [0.1, 0.15) is 46.4 Å². The molecule has 0 aliphatic carbocycles. The first kappa shape index (κ1) is 20.9. The molecule has 3 aromatic rings. The molecule has 1 amide bonds. The van der Waals surface area contributed by atoms with Gasteiger partial charge in [0, 0.05) is 30.8 Å². The Balaban J connectivity index is 1.49. The third-order valence-electron chi connectivity index (χ3n) is 5.49. The summed E-state index contributed by atoms with van der Waals surface area (Å²) in [5.41, 5.74) is 2.86. The summed E-state index contributed by atoms with van der Waals surface area (Å²) in [6.07, 6.45) is 5.73. The summed E-state index contributed by atoms with van der Waals surface area (Å²) in [6, 6.07) is 8.22. The molecular formula is C23H23FN4O3. The van der Waals surface area contributed by atoms with Crippen LogP contribution in [0.4, 0.5) is 4.39 Å². The van der Waals surface area contributed by atoms with Crippen LogP contribution in [0.5, 0.6) is 11.6 Å². The molecule has 160 valence electrons. The molecule has 8 heteroatoms. The maximum atomic E-state index is 13.1. The summed E-state index contributed by atoms with van der Waals surface area (Å²) in [7, 11) is 0. The van der Waals surface area contributed by atoms with Crippen molar-refractivity contribution in [1.29, 1.82) is 0 Å². The number of carbonyl (C=O) groups excluding carboxylic acids is 1. The first-order valence-electron chi connectivity index (χ1n) is 10.2. The van der Waals surface area contributed by atoms with E-state index >= 15 is 0 Å². The van der Waals surface area contributed by atoms with E-state index in [1.807, 2.05) is 25.1 Å². The molecule has 0 radical (unpaired) electrons. The number of likely N-dealkylation sites (tertiary alicyclic amines) is 1. The molecule has 31 heavy (non-hydrogen) atoms. The quantitative estimate of drug-likeness (QED) is 0.654. The van der Waals surface area contributed by atoms with Crippen molar-refractivity contribution in [3.8, 4) is 11.6 Å². The lowest BCUT2D eigenvalue weighted by atomic mass is 9.93. The van der Waals surface area contributed by atoms with Crippen LogP contribution in [0.2, 0.25) is 0 Å². The number of hydrogen-bond acceptors (Lipinski definition) is 6. The van der Waals surface area contributed by atoms with E-state index in [4.69, 9.17) is 4.74 Å². The molecule has 1 fully saturated rings. The Bertz CT molecular complexity index is 1070. The monoisotopic (exact) mass is 422 g/mol. The van der Waals surface area contributed by atoms with Crippen LogP contribution in [0.15, 0.2) is 49.1 Å². The van der Waals surface area contributed by atoms with Crippen molar-refractivity contribution in [3.63, 3.8) is 0 Å². The number of pyridine rings is 1. The van der Waals surface area contributed by atoms with Crippen molar-refractivity contribution in [2.75, 3.05) is 13.1 Å². The number of ether oxygens (including phenoxy) is 1. The fraction of sp³-hybridized carbons (Fsp3) is 0.304. The molecule has 1 aromatic carbocycles. The van der Waals surface area contributed by atoms with Crippen LogP contribution >= 0.6 is 0 Å². The van der Waals surface area contributed by atoms with Gasteiger partial charge in [-0.15, -0.1) is 0 Å². The summed E-state index contributed by atoms with van der Waals surface area (Å²) in [4.78, 5) is 26.5. The molecule has 3 heterocycles. The van der Waals surface area contributed by atoms with Gasteiger partial charge in [-0.2, -0.15) is 0 Å². The van der Waals surface area contributed by atoms with Gasteiger partial charge in [0.1, 0.15) is 23.6 Å². The lowest BCUT2D eigenvalue weighted by Gasteiger charge is -2.18. The highest BCUT2D eigenvalue weighted by Gasteiger charge is 2.30. The fourth-order valence-electron chi connectivity index (χ4n) is 3.84. The molecule has 1 saturated heterocycles. The zero-order valence-electron chi connectivity index (χ0n) is 17.2. The van der Waals surface area contributed by atoms with Crippen molar-refractivity contribution in [2.45, 2.75) is 32.3 Å². The molecule has 0 bridgehead atoms. The lowest BCUT2D eigenvalue weighted by Crippen LogP contribution is -2.29. The predicted molar refractivity (Wildman–Crippen MR) is 111 cm³/mol.